The Bertz CT molecular complexity index is 1020. The van der Waals surface area contributed by atoms with Crippen LogP contribution in [0.25, 0.3) is 11.2 Å². The Hall–Kier alpha value is -2.88. The number of hydrogen-bond donors (Lipinski definition) is 3. The van der Waals surface area contributed by atoms with E-state index in [1.54, 1.807) is 28.8 Å². The molecule has 3 N–H and O–H groups in total. The number of aliphatic hydroxyl groups excluding tert-OH is 2. The lowest BCUT2D eigenvalue weighted by molar-refractivity contribution is -0.107. The van der Waals surface area contributed by atoms with Crippen LogP contribution in [-0.2, 0) is 4.74 Å². The van der Waals surface area contributed by atoms with Crippen molar-refractivity contribution in [3.8, 4) is 0 Å². The Kier molecular flexibility index (Phi) is 5.03. The minimum Gasteiger partial charge on any atom is -0.387 e. The molecule has 1 unspecified atom stereocenters. The summed E-state index contributed by atoms with van der Waals surface area (Å²) in [7, 11) is 0. The molecule has 1 aromatic carbocycles. The molecule has 1 aliphatic heterocycles. The van der Waals surface area contributed by atoms with Crippen molar-refractivity contribution in [3.05, 3.63) is 48.5 Å². The monoisotopic (exact) mass is 397 g/mol. The van der Waals surface area contributed by atoms with Crippen molar-refractivity contribution < 1.29 is 19.7 Å². The second kappa shape index (κ2) is 7.51. The minimum atomic E-state index is -1.13. The van der Waals surface area contributed by atoms with Crippen molar-refractivity contribution in [3.63, 3.8) is 0 Å². The summed E-state index contributed by atoms with van der Waals surface area (Å²) in [5, 5.41) is 23.9. The standard InChI is InChI=1S/C20H23N5O4/c1-3-20(4-2)15(27)14(26)19(29-20)25-11-23-13-16(21-10-22-17(13)25)24-18(28)12-8-6-5-7-9-12/h5-11,14-15,19,26-27H,3-4H2,1-2H3,(H,21,22,24,28)/t14-,15?,19+/m0/s1. The smallest absolute Gasteiger partial charge is 0.256 e. The van der Waals surface area contributed by atoms with Crippen LogP contribution in [0, 0.1) is 0 Å². The molecule has 0 saturated carbocycles. The highest BCUT2D eigenvalue weighted by atomic mass is 16.6. The van der Waals surface area contributed by atoms with Crippen molar-refractivity contribution >= 4 is 22.9 Å². The second-order valence-electron chi connectivity index (χ2n) is 7.08. The van der Waals surface area contributed by atoms with Crippen LogP contribution in [0.5, 0.6) is 0 Å². The first kappa shape index (κ1) is 19.4. The van der Waals surface area contributed by atoms with E-state index in [1.807, 2.05) is 19.9 Å². The summed E-state index contributed by atoms with van der Waals surface area (Å²) < 4.78 is 7.66. The van der Waals surface area contributed by atoms with Gasteiger partial charge in [-0.3, -0.25) is 9.36 Å². The fourth-order valence-electron chi connectivity index (χ4n) is 3.80. The highest BCUT2D eigenvalue weighted by molar-refractivity contribution is 6.06. The first-order valence-corrected chi connectivity index (χ1v) is 9.58. The van der Waals surface area contributed by atoms with Crippen LogP contribution in [0.3, 0.4) is 0 Å². The molecule has 3 heterocycles. The lowest BCUT2D eigenvalue weighted by Crippen LogP contribution is -2.42. The lowest BCUT2D eigenvalue weighted by Gasteiger charge is -2.29. The number of anilines is 1. The lowest BCUT2D eigenvalue weighted by atomic mass is 9.90. The van der Waals surface area contributed by atoms with Crippen molar-refractivity contribution in [2.45, 2.75) is 50.7 Å². The SMILES string of the molecule is CCC1(CC)O[C@@H](n2cnc3c(NC(=O)c4ccccc4)ncnc32)[C@@H](O)C1O. The third-order valence-corrected chi connectivity index (χ3v) is 5.61. The molecule has 152 valence electrons. The average molecular weight is 397 g/mol. The number of hydrogen-bond acceptors (Lipinski definition) is 7. The topological polar surface area (TPSA) is 122 Å². The van der Waals surface area contributed by atoms with Crippen LogP contribution in [0.15, 0.2) is 43.0 Å². The van der Waals surface area contributed by atoms with Crippen LogP contribution in [-0.4, -0.2) is 53.4 Å². The molecule has 1 saturated heterocycles. The molecule has 1 aliphatic rings. The van der Waals surface area contributed by atoms with Crippen LogP contribution >= 0.6 is 0 Å². The summed E-state index contributed by atoms with van der Waals surface area (Å²) in [6.07, 6.45) is 0.882. The third-order valence-electron chi connectivity index (χ3n) is 5.61. The maximum absolute atomic E-state index is 12.5. The van der Waals surface area contributed by atoms with Crippen LogP contribution in [0.4, 0.5) is 5.82 Å². The molecule has 0 spiro atoms. The van der Waals surface area contributed by atoms with E-state index in [4.69, 9.17) is 4.74 Å². The molecule has 9 heteroatoms. The molecule has 0 aliphatic carbocycles. The van der Waals surface area contributed by atoms with Crippen LogP contribution in [0.1, 0.15) is 43.3 Å². The van der Waals surface area contributed by atoms with Gasteiger partial charge in [0.15, 0.2) is 23.2 Å². The van der Waals surface area contributed by atoms with Gasteiger partial charge in [-0.25, -0.2) is 15.0 Å². The third kappa shape index (κ3) is 3.17. The van der Waals surface area contributed by atoms with Crippen molar-refractivity contribution in [2.75, 3.05) is 5.32 Å². The molecule has 1 amide bonds. The number of nitrogens with one attached hydrogen (secondary N) is 1. The number of carbonyl (C=O) groups is 1. The van der Waals surface area contributed by atoms with Crippen molar-refractivity contribution in [1.82, 2.24) is 19.5 Å². The first-order valence-electron chi connectivity index (χ1n) is 9.58. The van der Waals surface area contributed by atoms with Gasteiger partial charge in [-0.2, -0.15) is 0 Å². The molecule has 4 rings (SSSR count). The number of rotatable bonds is 5. The molecular formula is C20H23N5O4. The molecule has 0 bridgehead atoms. The highest BCUT2D eigenvalue weighted by Crippen LogP contribution is 2.42. The molecule has 3 atom stereocenters. The Morgan fingerprint density at radius 3 is 2.55 bits per heavy atom. The maximum atomic E-state index is 12.5. The number of nitrogens with zero attached hydrogens (tertiary/aromatic N) is 4. The zero-order chi connectivity index (χ0) is 20.6. The van der Waals surface area contributed by atoms with Gasteiger partial charge >= 0.3 is 0 Å². The van der Waals surface area contributed by atoms with Gasteiger partial charge in [0.1, 0.15) is 18.5 Å². The summed E-state index contributed by atoms with van der Waals surface area (Å²) in [6, 6.07) is 8.78. The molecule has 0 radical (unpaired) electrons. The van der Waals surface area contributed by atoms with E-state index >= 15 is 0 Å². The zero-order valence-electron chi connectivity index (χ0n) is 16.2. The van der Waals surface area contributed by atoms with Crippen LogP contribution < -0.4 is 5.32 Å². The molecule has 2 aromatic heterocycles. The summed E-state index contributed by atoms with van der Waals surface area (Å²) in [5.41, 5.74) is 0.417. The van der Waals surface area contributed by atoms with E-state index in [-0.39, 0.29) is 11.7 Å². The molecule has 9 nitrogen and oxygen atoms in total. The number of aliphatic hydroxyl groups is 2. The van der Waals surface area contributed by atoms with Gasteiger partial charge in [0.2, 0.25) is 0 Å². The minimum absolute atomic E-state index is 0.257. The summed E-state index contributed by atoms with van der Waals surface area (Å²) in [5.74, 6) is -0.0587. The Morgan fingerprint density at radius 1 is 1.17 bits per heavy atom. The molecule has 1 fully saturated rings. The maximum Gasteiger partial charge on any atom is 0.256 e. The van der Waals surface area contributed by atoms with E-state index in [2.05, 4.69) is 20.3 Å². The van der Waals surface area contributed by atoms with Gasteiger partial charge in [0, 0.05) is 5.56 Å². The van der Waals surface area contributed by atoms with E-state index < -0.39 is 24.0 Å². The second-order valence-corrected chi connectivity index (χ2v) is 7.08. The van der Waals surface area contributed by atoms with Gasteiger partial charge in [-0.1, -0.05) is 32.0 Å². The number of benzene rings is 1. The summed E-state index contributed by atoms with van der Waals surface area (Å²) in [4.78, 5) is 25.2. The fraction of sp³-hybridized carbons (Fsp3) is 0.400. The predicted molar refractivity (Wildman–Crippen MR) is 105 cm³/mol. The Morgan fingerprint density at radius 2 is 1.90 bits per heavy atom. The number of fused-ring (bicyclic) bond motifs is 1. The number of carbonyl (C=O) groups excluding carboxylic acids is 1. The predicted octanol–water partition coefficient (Wildman–Crippen LogP) is 1.89. The first-order chi connectivity index (χ1) is 14.0. The van der Waals surface area contributed by atoms with E-state index in [0.29, 0.717) is 29.6 Å². The fourth-order valence-corrected chi connectivity index (χ4v) is 3.80. The van der Waals surface area contributed by atoms with E-state index in [9.17, 15) is 15.0 Å². The molecule has 3 aromatic rings. The quantitative estimate of drug-likeness (QED) is 0.601. The van der Waals surface area contributed by atoms with Gasteiger partial charge < -0.3 is 20.3 Å². The van der Waals surface area contributed by atoms with E-state index in [1.165, 1.54) is 12.7 Å². The number of aromatic nitrogens is 4. The molecule has 29 heavy (non-hydrogen) atoms. The van der Waals surface area contributed by atoms with Gasteiger partial charge in [0.05, 0.1) is 11.9 Å². The molecular weight excluding hydrogens is 374 g/mol. The van der Waals surface area contributed by atoms with Gasteiger partial charge in [-0.15, -0.1) is 0 Å². The van der Waals surface area contributed by atoms with Crippen molar-refractivity contribution in [2.24, 2.45) is 0 Å². The zero-order valence-corrected chi connectivity index (χ0v) is 16.2. The Balaban J connectivity index is 1.67. The summed E-state index contributed by atoms with van der Waals surface area (Å²) in [6.45, 7) is 3.82. The van der Waals surface area contributed by atoms with E-state index in [0.717, 1.165) is 0 Å². The van der Waals surface area contributed by atoms with Gasteiger partial charge in [0.25, 0.3) is 5.91 Å². The Labute approximate surface area is 167 Å². The number of ether oxygens (including phenoxy) is 1. The highest BCUT2D eigenvalue weighted by Gasteiger charge is 2.53. The largest absolute Gasteiger partial charge is 0.387 e. The number of amides is 1. The van der Waals surface area contributed by atoms with Crippen LogP contribution in [0.2, 0.25) is 0 Å². The average Bonchev–Trinajstić information content (AvgIpc) is 3.29. The van der Waals surface area contributed by atoms with Gasteiger partial charge in [-0.05, 0) is 25.0 Å². The number of imidazole rings is 1. The summed E-state index contributed by atoms with van der Waals surface area (Å²) >= 11 is 0. The normalized spacial score (nSPS) is 23.4. The van der Waals surface area contributed by atoms with Crippen molar-refractivity contribution in [1.29, 1.82) is 0 Å².